The molecule has 0 atom stereocenters. The van der Waals surface area contributed by atoms with Gasteiger partial charge in [0.1, 0.15) is 11.6 Å². The molecule has 3 aromatic heterocycles. The monoisotopic (exact) mass is 416 g/mol. The number of aromatic nitrogens is 5. The molecule has 4 heterocycles. The molecule has 0 amide bonds. The molecule has 158 valence electrons. The number of rotatable bonds is 3. The van der Waals surface area contributed by atoms with Gasteiger partial charge in [-0.2, -0.15) is 14.5 Å². The SMILES string of the molecule is Cc1cccc(C=N)c1.Nc1cc(N2CCOCC2)n2nc(-c3ccncc3)nc2n1. The third-order valence-electron chi connectivity index (χ3n) is 4.80. The molecule has 5 rings (SSSR count). The van der Waals surface area contributed by atoms with Crippen molar-refractivity contribution in [3.8, 4) is 11.4 Å². The average Bonchev–Trinajstić information content (AvgIpc) is 3.24. The summed E-state index contributed by atoms with van der Waals surface area (Å²) in [4.78, 5) is 14.9. The van der Waals surface area contributed by atoms with E-state index in [1.807, 2.05) is 49.4 Å². The van der Waals surface area contributed by atoms with Crippen molar-refractivity contribution in [1.82, 2.24) is 24.6 Å². The van der Waals surface area contributed by atoms with E-state index in [0.717, 1.165) is 30.0 Å². The van der Waals surface area contributed by atoms with Crippen LogP contribution in [0.5, 0.6) is 0 Å². The first-order valence-corrected chi connectivity index (χ1v) is 9.97. The van der Waals surface area contributed by atoms with Crippen molar-refractivity contribution >= 4 is 23.6 Å². The van der Waals surface area contributed by atoms with Crippen LogP contribution in [0.3, 0.4) is 0 Å². The fraction of sp³-hybridized carbons (Fsp3) is 0.227. The van der Waals surface area contributed by atoms with E-state index < -0.39 is 0 Å². The second-order valence-corrected chi connectivity index (χ2v) is 7.08. The molecule has 4 aromatic rings. The molecule has 1 aromatic carbocycles. The predicted molar refractivity (Wildman–Crippen MR) is 121 cm³/mol. The van der Waals surface area contributed by atoms with Gasteiger partial charge in [0.15, 0.2) is 5.82 Å². The van der Waals surface area contributed by atoms with Crippen LogP contribution < -0.4 is 10.6 Å². The van der Waals surface area contributed by atoms with E-state index in [0.29, 0.717) is 30.6 Å². The molecule has 1 fully saturated rings. The molecule has 1 saturated heterocycles. The second-order valence-electron chi connectivity index (χ2n) is 7.08. The van der Waals surface area contributed by atoms with Gasteiger partial charge in [-0.25, -0.2) is 0 Å². The highest BCUT2D eigenvalue weighted by Crippen LogP contribution is 2.22. The van der Waals surface area contributed by atoms with Crippen molar-refractivity contribution in [3.05, 3.63) is 66.0 Å². The summed E-state index contributed by atoms with van der Waals surface area (Å²) in [6.45, 7) is 4.99. The number of benzene rings is 1. The second kappa shape index (κ2) is 9.31. The lowest BCUT2D eigenvalue weighted by Crippen LogP contribution is -2.37. The molecular weight excluding hydrogens is 392 g/mol. The number of nitrogens with zero attached hydrogens (tertiary/aromatic N) is 6. The number of nitrogens with two attached hydrogens (primary N) is 1. The van der Waals surface area contributed by atoms with E-state index >= 15 is 0 Å². The van der Waals surface area contributed by atoms with E-state index in [-0.39, 0.29) is 0 Å². The van der Waals surface area contributed by atoms with Crippen LogP contribution in [0.15, 0.2) is 54.9 Å². The van der Waals surface area contributed by atoms with Gasteiger partial charge in [0, 0.05) is 43.3 Å². The summed E-state index contributed by atoms with van der Waals surface area (Å²) in [5, 5.41) is 11.5. The van der Waals surface area contributed by atoms with Gasteiger partial charge >= 0.3 is 0 Å². The number of pyridine rings is 1. The predicted octanol–water partition coefficient (Wildman–Crippen LogP) is 2.60. The summed E-state index contributed by atoms with van der Waals surface area (Å²) in [5.41, 5.74) is 8.99. The Hall–Kier alpha value is -3.85. The molecule has 1 aliphatic rings. The van der Waals surface area contributed by atoms with Crippen LogP contribution in [0, 0.1) is 12.3 Å². The summed E-state index contributed by atoms with van der Waals surface area (Å²) >= 11 is 0. The normalized spacial score (nSPS) is 13.5. The molecule has 9 heteroatoms. The summed E-state index contributed by atoms with van der Waals surface area (Å²) < 4.78 is 7.13. The maximum absolute atomic E-state index is 6.92. The number of nitrogen functional groups attached to an aromatic ring is 1. The Morgan fingerprint density at radius 2 is 1.84 bits per heavy atom. The topological polar surface area (TPSA) is 118 Å². The van der Waals surface area contributed by atoms with Gasteiger partial charge in [0.2, 0.25) is 0 Å². The fourth-order valence-electron chi connectivity index (χ4n) is 3.27. The third kappa shape index (κ3) is 4.84. The van der Waals surface area contributed by atoms with Gasteiger partial charge < -0.3 is 20.8 Å². The smallest absolute Gasteiger partial charge is 0.256 e. The number of nitrogens with one attached hydrogen (secondary N) is 1. The molecule has 3 N–H and O–H groups in total. The quantitative estimate of drug-likeness (QED) is 0.493. The fourth-order valence-corrected chi connectivity index (χ4v) is 3.27. The number of hydrogen-bond donors (Lipinski definition) is 2. The maximum Gasteiger partial charge on any atom is 0.256 e. The lowest BCUT2D eigenvalue weighted by atomic mass is 10.2. The van der Waals surface area contributed by atoms with Crippen LogP contribution in [0.1, 0.15) is 11.1 Å². The summed E-state index contributed by atoms with van der Waals surface area (Å²) in [6.07, 6.45) is 4.78. The summed E-state index contributed by atoms with van der Waals surface area (Å²) in [6, 6.07) is 13.4. The Morgan fingerprint density at radius 1 is 1.06 bits per heavy atom. The highest BCUT2D eigenvalue weighted by Gasteiger charge is 2.18. The van der Waals surface area contributed by atoms with Crippen molar-refractivity contribution < 1.29 is 4.74 Å². The van der Waals surface area contributed by atoms with Crippen molar-refractivity contribution in [2.24, 2.45) is 0 Å². The lowest BCUT2D eigenvalue weighted by Gasteiger charge is -2.28. The van der Waals surface area contributed by atoms with E-state index in [2.05, 4.69) is 25.0 Å². The minimum atomic E-state index is 0.433. The van der Waals surface area contributed by atoms with Gasteiger partial charge in [-0.05, 0) is 24.6 Å². The largest absolute Gasteiger partial charge is 0.383 e. The Bertz CT molecular complexity index is 1170. The number of ether oxygens (including phenoxy) is 1. The first-order valence-electron chi connectivity index (χ1n) is 9.97. The maximum atomic E-state index is 6.92. The van der Waals surface area contributed by atoms with Gasteiger partial charge in [0.25, 0.3) is 5.78 Å². The Kier molecular flexibility index (Phi) is 6.13. The Morgan fingerprint density at radius 3 is 2.52 bits per heavy atom. The Balaban J connectivity index is 0.000000217. The van der Waals surface area contributed by atoms with Crippen molar-refractivity contribution in [3.63, 3.8) is 0 Å². The number of fused-ring (bicyclic) bond motifs is 1. The summed E-state index contributed by atoms with van der Waals surface area (Å²) in [7, 11) is 0. The average molecular weight is 416 g/mol. The third-order valence-corrected chi connectivity index (χ3v) is 4.80. The van der Waals surface area contributed by atoms with Crippen molar-refractivity contribution in [2.45, 2.75) is 6.92 Å². The van der Waals surface area contributed by atoms with E-state index in [9.17, 15) is 0 Å². The van der Waals surface area contributed by atoms with Crippen LogP contribution in [-0.4, -0.2) is 57.1 Å². The first kappa shape index (κ1) is 20.4. The number of aryl methyl sites for hydroxylation is 1. The highest BCUT2D eigenvalue weighted by molar-refractivity contribution is 5.77. The van der Waals surface area contributed by atoms with Gasteiger partial charge in [-0.1, -0.05) is 29.8 Å². The zero-order valence-corrected chi connectivity index (χ0v) is 17.3. The molecule has 0 saturated carbocycles. The molecule has 0 bridgehead atoms. The van der Waals surface area contributed by atoms with E-state index in [4.69, 9.17) is 15.9 Å². The highest BCUT2D eigenvalue weighted by atomic mass is 16.5. The molecule has 0 spiro atoms. The molecule has 1 aliphatic heterocycles. The van der Waals surface area contributed by atoms with Crippen molar-refractivity contribution in [1.29, 1.82) is 5.41 Å². The molecule has 0 radical (unpaired) electrons. The molecule has 9 nitrogen and oxygen atoms in total. The molecule has 0 unspecified atom stereocenters. The molecule has 0 aliphatic carbocycles. The van der Waals surface area contributed by atoms with Gasteiger partial charge in [-0.3, -0.25) is 4.98 Å². The van der Waals surface area contributed by atoms with Crippen LogP contribution in [-0.2, 0) is 4.74 Å². The number of hydrogen-bond acceptors (Lipinski definition) is 8. The van der Waals surface area contributed by atoms with Crippen LogP contribution >= 0.6 is 0 Å². The van der Waals surface area contributed by atoms with Gasteiger partial charge in [0.05, 0.1) is 13.2 Å². The zero-order chi connectivity index (χ0) is 21.6. The van der Waals surface area contributed by atoms with Gasteiger partial charge in [-0.15, -0.1) is 5.10 Å². The molecular formula is C22H24N8O. The van der Waals surface area contributed by atoms with E-state index in [1.54, 1.807) is 16.9 Å². The number of anilines is 2. The van der Waals surface area contributed by atoms with E-state index in [1.165, 1.54) is 11.8 Å². The Labute approximate surface area is 180 Å². The summed E-state index contributed by atoms with van der Waals surface area (Å²) in [5.74, 6) is 2.42. The van der Waals surface area contributed by atoms with Crippen LogP contribution in [0.2, 0.25) is 0 Å². The minimum absolute atomic E-state index is 0.433. The standard InChI is InChI=1S/C14H15N7O.C8H9N/c15-11-9-12(20-5-7-22-8-6-20)21-14(17-11)18-13(19-21)10-1-3-16-4-2-10;1-7-3-2-4-8(5-7)6-9/h1-4,9H,5-8H2,(H2,15,17,18,19);2-6,9H,1H3. The minimum Gasteiger partial charge on any atom is -0.383 e. The first-order chi connectivity index (χ1) is 15.1. The number of morpholine rings is 1. The van der Waals surface area contributed by atoms with Crippen LogP contribution in [0.4, 0.5) is 11.6 Å². The lowest BCUT2D eigenvalue weighted by molar-refractivity contribution is 0.122. The van der Waals surface area contributed by atoms with Crippen LogP contribution in [0.25, 0.3) is 17.2 Å². The molecule has 31 heavy (non-hydrogen) atoms. The zero-order valence-electron chi connectivity index (χ0n) is 17.3. The van der Waals surface area contributed by atoms with Crippen molar-refractivity contribution in [2.75, 3.05) is 36.9 Å².